The van der Waals surface area contributed by atoms with Crippen molar-refractivity contribution in [3.63, 3.8) is 0 Å². The third-order valence-corrected chi connectivity index (χ3v) is 0.482. The quantitative estimate of drug-likeness (QED) is 0.332. The Morgan fingerprint density at radius 2 is 1.90 bits per heavy atom. The summed E-state index contributed by atoms with van der Waals surface area (Å²) in [5.74, 6) is 2.92. The molecule has 0 unspecified atom stereocenters. The second-order valence-corrected chi connectivity index (χ2v) is 1.33. The summed E-state index contributed by atoms with van der Waals surface area (Å²) >= 11 is 0. The summed E-state index contributed by atoms with van der Waals surface area (Å²) < 4.78 is 37.9. The van der Waals surface area contributed by atoms with Gasteiger partial charge < -0.3 is 17.7 Å². The second kappa shape index (κ2) is 6.70. The minimum Gasteiger partial charge on any atom is -0.438 e. The molecule has 0 aromatic rings. The minimum absolute atomic E-state index is 0. The Morgan fingerprint density at radius 1 is 1.40 bits per heavy atom. The van der Waals surface area contributed by atoms with E-state index in [1.165, 1.54) is 7.11 Å². The molecule has 0 N–H and O–H groups in total. The third kappa shape index (κ3) is 11.8. The summed E-state index contributed by atoms with van der Waals surface area (Å²) in [4.78, 5) is 0. The van der Waals surface area contributed by atoms with E-state index in [2.05, 4.69) is 4.74 Å². The van der Waals surface area contributed by atoms with Gasteiger partial charge in [0, 0.05) is 7.11 Å². The molecule has 0 aliphatic heterocycles. The number of methoxy groups -OCH3 is 1. The van der Waals surface area contributed by atoms with Gasteiger partial charge in [0.2, 0.25) is 0 Å². The Bertz CT molecular complexity index is 136. The molecular formula is C4H5BF3KO. The van der Waals surface area contributed by atoms with E-state index in [9.17, 15) is 12.9 Å². The van der Waals surface area contributed by atoms with Crippen molar-refractivity contribution in [3.8, 4) is 11.7 Å². The van der Waals surface area contributed by atoms with E-state index in [1.807, 2.05) is 0 Å². The zero-order chi connectivity index (χ0) is 7.33. The zero-order valence-corrected chi connectivity index (χ0v) is 8.95. The molecule has 0 radical (unpaired) electrons. The first kappa shape index (κ1) is 13.6. The van der Waals surface area contributed by atoms with E-state index in [0.29, 0.717) is 0 Å². The Kier molecular flexibility index (Phi) is 9.11. The summed E-state index contributed by atoms with van der Waals surface area (Å²) in [7, 11) is 1.29. The molecule has 0 aliphatic carbocycles. The molecule has 0 rings (SSSR count). The van der Waals surface area contributed by atoms with Crippen LogP contribution in [0.2, 0.25) is 0 Å². The molecule has 0 amide bonds. The number of ether oxygens (including phenoxy) is 1. The van der Waals surface area contributed by atoms with Crippen molar-refractivity contribution in [1.29, 1.82) is 0 Å². The normalized spacial score (nSPS) is 9.20. The molecule has 0 saturated carbocycles. The monoisotopic (exact) mass is 176 g/mol. The largest absolute Gasteiger partial charge is 1.00 e. The molecule has 0 aromatic heterocycles. The first-order valence-corrected chi connectivity index (χ1v) is 2.24. The minimum atomic E-state index is -4.95. The van der Waals surface area contributed by atoms with Gasteiger partial charge >= 0.3 is 58.4 Å². The molecule has 0 spiro atoms. The second-order valence-electron chi connectivity index (χ2n) is 1.33. The molecule has 0 fully saturated rings. The van der Waals surface area contributed by atoms with Gasteiger partial charge in [0.05, 0.1) is 0 Å². The van der Waals surface area contributed by atoms with Crippen LogP contribution in [0, 0.1) is 11.7 Å². The maximum Gasteiger partial charge on any atom is 1.00 e. The Labute approximate surface area is 100 Å². The predicted molar refractivity (Wildman–Crippen MR) is 28.7 cm³/mol. The Balaban J connectivity index is 0. The summed E-state index contributed by atoms with van der Waals surface area (Å²) in [5, 5.41) is 0. The van der Waals surface area contributed by atoms with E-state index >= 15 is 0 Å². The van der Waals surface area contributed by atoms with E-state index < -0.39 is 6.98 Å². The fourth-order valence-electron chi connectivity index (χ4n) is 0.230. The molecule has 0 aliphatic rings. The molecule has 0 bridgehead atoms. The van der Waals surface area contributed by atoms with Gasteiger partial charge in [0.25, 0.3) is 0 Å². The van der Waals surface area contributed by atoms with Gasteiger partial charge in [0.1, 0.15) is 6.61 Å². The van der Waals surface area contributed by atoms with Crippen molar-refractivity contribution >= 4 is 6.98 Å². The predicted octanol–water partition coefficient (Wildman–Crippen LogP) is -1.97. The van der Waals surface area contributed by atoms with Crippen LogP contribution >= 0.6 is 0 Å². The van der Waals surface area contributed by atoms with Gasteiger partial charge in [0.15, 0.2) is 0 Å². The van der Waals surface area contributed by atoms with Crippen LogP contribution in [0.25, 0.3) is 0 Å². The van der Waals surface area contributed by atoms with E-state index in [0.717, 1.165) is 5.82 Å². The smallest absolute Gasteiger partial charge is 0.438 e. The van der Waals surface area contributed by atoms with Gasteiger partial charge in [-0.1, -0.05) is 0 Å². The zero-order valence-electron chi connectivity index (χ0n) is 5.83. The number of hydrogen-bond acceptors (Lipinski definition) is 1. The van der Waals surface area contributed by atoms with Crippen molar-refractivity contribution in [2.45, 2.75) is 0 Å². The molecule has 0 saturated heterocycles. The standard InChI is InChI=1S/C4H5BF3O.K/c1-9-4-2-3-5(6,7)8;/h4H2,1H3;/q-1;+1. The number of halogens is 3. The van der Waals surface area contributed by atoms with Gasteiger partial charge in [-0.05, 0) is 0 Å². The summed E-state index contributed by atoms with van der Waals surface area (Å²) in [5.41, 5.74) is 0. The average Bonchev–Trinajstić information content (AvgIpc) is 1.63. The van der Waals surface area contributed by atoms with Crippen LogP contribution in [-0.4, -0.2) is 20.7 Å². The van der Waals surface area contributed by atoms with Crippen LogP contribution in [0.3, 0.4) is 0 Å². The molecule has 6 heteroatoms. The fourth-order valence-corrected chi connectivity index (χ4v) is 0.230. The van der Waals surface area contributed by atoms with E-state index in [-0.39, 0.29) is 58.0 Å². The van der Waals surface area contributed by atoms with Gasteiger partial charge in [-0.3, -0.25) is 0 Å². The molecule has 0 aromatic carbocycles. The number of rotatable bonds is 1. The molecule has 1 nitrogen and oxygen atoms in total. The van der Waals surface area contributed by atoms with Crippen LogP contribution in [0.5, 0.6) is 0 Å². The topological polar surface area (TPSA) is 9.23 Å². The van der Waals surface area contributed by atoms with Crippen LogP contribution in [0.15, 0.2) is 0 Å². The van der Waals surface area contributed by atoms with Crippen LogP contribution < -0.4 is 51.4 Å². The third-order valence-electron chi connectivity index (χ3n) is 0.482. The maximum absolute atomic E-state index is 11.2. The summed E-state index contributed by atoms with van der Waals surface area (Å²) in [6.07, 6.45) is 0. The summed E-state index contributed by atoms with van der Waals surface area (Å²) in [6.45, 7) is -5.12. The van der Waals surface area contributed by atoms with Crippen molar-refractivity contribution in [3.05, 3.63) is 0 Å². The molecule has 0 atom stereocenters. The van der Waals surface area contributed by atoms with Crippen LogP contribution in [0.4, 0.5) is 12.9 Å². The number of hydrogen-bond donors (Lipinski definition) is 0. The van der Waals surface area contributed by atoms with Crippen molar-refractivity contribution in [1.82, 2.24) is 0 Å². The molecule has 0 heterocycles. The molecular weight excluding hydrogens is 171 g/mol. The average molecular weight is 176 g/mol. The van der Waals surface area contributed by atoms with Crippen LogP contribution in [-0.2, 0) is 4.74 Å². The SMILES string of the molecule is COCC#C[B-](F)(F)F.[K+]. The molecule has 52 valence electrons. The van der Waals surface area contributed by atoms with Crippen LogP contribution in [0.1, 0.15) is 0 Å². The van der Waals surface area contributed by atoms with E-state index in [4.69, 9.17) is 0 Å². The van der Waals surface area contributed by atoms with Gasteiger partial charge in [-0.25, -0.2) is 5.82 Å². The van der Waals surface area contributed by atoms with Gasteiger partial charge in [-0.2, -0.15) is 0 Å². The van der Waals surface area contributed by atoms with E-state index in [1.54, 1.807) is 5.92 Å². The maximum atomic E-state index is 11.2. The Morgan fingerprint density at radius 3 is 2.20 bits per heavy atom. The van der Waals surface area contributed by atoms with Gasteiger partial charge in [-0.15, -0.1) is 5.92 Å². The first-order chi connectivity index (χ1) is 4.06. The molecule has 10 heavy (non-hydrogen) atoms. The van der Waals surface area contributed by atoms with Crippen molar-refractivity contribution < 1.29 is 69.1 Å². The van der Waals surface area contributed by atoms with Crippen molar-refractivity contribution in [2.75, 3.05) is 13.7 Å². The van der Waals surface area contributed by atoms with Crippen molar-refractivity contribution in [2.24, 2.45) is 0 Å². The summed E-state index contributed by atoms with van der Waals surface area (Å²) in [6, 6.07) is 0. The fraction of sp³-hybridized carbons (Fsp3) is 0.500. The Hall–Kier alpha value is 1.01. The first-order valence-electron chi connectivity index (χ1n) is 2.24.